The van der Waals surface area contributed by atoms with Crippen molar-refractivity contribution in [2.75, 3.05) is 6.54 Å². The van der Waals surface area contributed by atoms with Gasteiger partial charge in [-0.2, -0.15) is 0 Å². The van der Waals surface area contributed by atoms with Crippen LogP contribution in [0.25, 0.3) is 6.08 Å². The second-order valence-electron chi connectivity index (χ2n) is 3.10. The van der Waals surface area contributed by atoms with Crippen LogP contribution in [-0.2, 0) is 11.8 Å². The van der Waals surface area contributed by atoms with Crippen LogP contribution in [0.3, 0.4) is 0 Å². The molecule has 1 aromatic heterocycles. The predicted octanol–water partition coefficient (Wildman–Crippen LogP) is 0.960. The van der Waals surface area contributed by atoms with Crippen molar-refractivity contribution in [3.8, 4) is 0 Å². The summed E-state index contributed by atoms with van der Waals surface area (Å²) in [4.78, 5) is 14.5. The second-order valence-corrected chi connectivity index (χ2v) is 3.10. The fourth-order valence-corrected chi connectivity index (χ4v) is 1.06. The highest BCUT2D eigenvalue weighted by molar-refractivity contribution is 5.72. The fourth-order valence-electron chi connectivity index (χ4n) is 1.06. The molecule has 4 nitrogen and oxygen atoms in total. The molecule has 14 heavy (non-hydrogen) atoms. The molecule has 1 heterocycles. The van der Waals surface area contributed by atoms with E-state index in [9.17, 15) is 4.79 Å². The first kappa shape index (κ1) is 10.5. The number of imidazole rings is 1. The van der Waals surface area contributed by atoms with Crippen molar-refractivity contribution in [3.05, 3.63) is 24.3 Å². The van der Waals surface area contributed by atoms with Gasteiger partial charge >= 0.3 is 0 Å². The predicted molar refractivity (Wildman–Crippen MR) is 55.5 cm³/mol. The number of aromatic nitrogens is 2. The Kier molecular flexibility index (Phi) is 3.91. The summed E-state index contributed by atoms with van der Waals surface area (Å²) in [6.45, 7) is 2.20. The van der Waals surface area contributed by atoms with Crippen molar-refractivity contribution < 1.29 is 4.79 Å². The molecular weight excluding hydrogens is 178 g/mol. The van der Waals surface area contributed by atoms with Gasteiger partial charge in [0.05, 0.1) is 18.2 Å². The summed E-state index contributed by atoms with van der Waals surface area (Å²) in [6, 6.07) is 0. The highest BCUT2D eigenvalue weighted by Crippen LogP contribution is 1.99. The first-order valence-electron chi connectivity index (χ1n) is 4.57. The maximum atomic E-state index is 10.5. The van der Waals surface area contributed by atoms with Crippen LogP contribution in [0.4, 0.5) is 0 Å². The number of rotatable bonds is 4. The molecule has 0 saturated carbocycles. The summed E-state index contributed by atoms with van der Waals surface area (Å²) in [5, 5.41) is 2.73. The molecule has 0 saturated heterocycles. The fraction of sp³-hybridized carbons (Fsp3) is 0.400. The lowest BCUT2D eigenvalue weighted by Crippen LogP contribution is -2.20. The van der Waals surface area contributed by atoms with Crippen LogP contribution in [0.1, 0.15) is 19.0 Å². The quantitative estimate of drug-likeness (QED) is 0.724. The van der Waals surface area contributed by atoms with E-state index in [1.807, 2.05) is 23.8 Å². The van der Waals surface area contributed by atoms with Crippen LogP contribution in [0.15, 0.2) is 18.6 Å². The molecule has 0 atom stereocenters. The number of amides is 1. The van der Waals surface area contributed by atoms with Gasteiger partial charge in [0.1, 0.15) is 0 Å². The number of hydrogen-bond donors (Lipinski definition) is 1. The van der Waals surface area contributed by atoms with Gasteiger partial charge in [-0.1, -0.05) is 6.08 Å². The lowest BCUT2D eigenvalue weighted by molar-refractivity contribution is -0.118. The standard InChI is InChI=1S/C10H15N3O/c1-9(14)12-6-4-3-5-10-7-11-8-13(10)2/h3,5,7-8H,4,6H2,1-2H3,(H,12,14). The summed E-state index contributed by atoms with van der Waals surface area (Å²) >= 11 is 0. The van der Waals surface area contributed by atoms with E-state index in [-0.39, 0.29) is 5.91 Å². The number of carbonyl (C=O) groups is 1. The largest absolute Gasteiger partial charge is 0.356 e. The van der Waals surface area contributed by atoms with Crippen LogP contribution in [0.2, 0.25) is 0 Å². The molecule has 0 unspecified atom stereocenters. The Labute approximate surface area is 83.6 Å². The van der Waals surface area contributed by atoms with Crippen molar-refractivity contribution in [2.45, 2.75) is 13.3 Å². The van der Waals surface area contributed by atoms with E-state index in [1.54, 1.807) is 12.5 Å². The Morgan fingerprint density at radius 3 is 3.07 bits per heavy atom. The number of aryl methyl sites for hydroxylation is 1. The van der Waals surface area contributed by atoms with Crippen molar-refractivity contribution in [3.63, 3.8) is 0 Å². The highest BCUT2D eigenvalue weighted by atomic mass is 16.1. The van der Waals surface area contributed by atoms with Crippen molar-refractivity contribution in [2.24, 2.45) is 7.05 Å². The summed E-state index contributed by atoms with van der Waals surface area (Å²) in [7, 11) is 1.94. The molecular formula is C10H15N3O. The van der Waals surface area contributed by atoms with Crippen LogP contribution in [-0.4, -0.2) is 22.0 Å². The third-order valence-electron chi connectivity index (χ3n) is 1.83. The van der Waals surface area contributed by atoms with Crippen molar-refractivity contribution >= 4 is 12.0 Å². The molecule has 0 aliphatic rings. The lowest BCUT2D eigenvalue weighted by Gasteiger charge is -1.97. The van der Waals surface area contributed by atoms with E-state index >= 15 is 0 Å². The first-order valence-corrected chi connectivity index (χ1v) is 4.57. The minimum Gasteiger partial charge on any atom is -0.356 e. The monoisotopic (exact) mass is 193 g/mol. The number of hydrogen-bond acceptors (Lipinski definition) is 2. The van der Waals surface area contributed by atoms with Gasteiger partial charge in [-0.25, -0.2) is 4.98 Å². The second kappa shape index (κ2) is 5.21. The van der Waals surface area contributed by atoms with E-state index in [1.165, 1.54) is 6.92 Å². The Balaban J connectivity index is 2.28. The first-order chi connectivity index (χ1) is 6.70. The topological polar surface area (TPSA) is 46.9 Å². The molecule has 4 heteroatoms. The minimum absolute atomic E-state index is 0.0129. The summed E-state index contributed by atoms with van der Waals surface area (Å²) in [6.07, 6.45) is 8.41. The van der Waals surface area contributed by atoms with Crippen LogP contribution in [0.5, 0.6) is 0 Å². The molecule has 0 aromatic carbocycles. The third-order valence-corrected chi connectivity index (χ3v) is 1.83. The average Bonchev–Trinajstić information content (AvgIpc) is 2.51. The van der Waals surface area contributed by atoms with E-state index in [0.29, 0.717) is 6.54 Å². The molecule has 0 bridgehead atoms. The molecule has 0 fully saturated rings. The minimum atomic E-state index is 0.0129. The molecule has 1 amide bonds. The van der Waals surface area contributed by atoms with Crippen LogP contribution >= 0.6 is 0 Å². The van der Waals surface area contributed by atoms with Gasteiger partial charge in [0.2, 0.25) is 5.91 Å². The van der Waals surface area contributed by atoms with Gasteiger partial charge < -0.3 is 9.88 Å². The summed E-state index contributed by atoms with van der Waals surface area (Å²) in [5.74, 6) is 0.0129. The molecule has 1 N–H and O–H groups in total. The van der Waals surface area contributed by atoms with E-state index in [2.05, 4.69) is 10.3 Å². The van der Waals surface area contributed by atoms with Gasteiger partial charge in [0.25, 0.3) is 0 Å². The van der Waals surface area contributed by atoms with Crippen molar-refractivity contribution in [1.82, 2.24) is 14.9 Å². The van der Waals surface area contributed by atoms with E-state index in [4.69, 9.17) is 0 Å². The number of carbonyl (C=O) groups excluding carboxylic acids is 1. The average molecular weight is 193 g/mol. The maximum absolute atomic E-state index is 10.5. The summed E-state index contributed by atoms with van der Waals surface area (Å²) < 4.78 is 1.94. The summed E-state index contributed by atoms with van der Waals surface area (Å²) in [5.41, 5.74) is 1.06. The maximum Gasteiger partial charge on any atom is 0.216 e. The Morgan fingerprint density at radius 2 is 2.50 bits per heavy atom. The highest BCUT2D eigenvalue weighted by Gasteiger charge is 1.91. The Hall–Kier alpha value is -1.58. The zero-order valence-corrected chi connectivity index (χ0v) is 8.53. The number of nitrogens with zero attached hydrogens (tertiary/aromatic N) is 2. The zero-order valence-electron chi connectivity index (χ0n) is 8.53. The Morgan fingerprint density at radius 1 is 1.71 bits per heavy atom. The van der Waals surface area contributed by atoms with E-state index < -0.39 is 0 Å². The third kappa shape index (κ3) is 3.43. The molecule has 76 valence electrons. The van der Waals surface area contributed by atoms with Crippen molar-refractivity contribution in [1.29, 1.82) is 0 Å². The Bertz CT molecular complexity index is 328. The van der Waals surface area contributed by atoms with Gasteiger partial charge in [0.15, 0.2) is 0 Å². The van der Waals surface area contributed by atoms with Crippen LogP contribution in [0, 0.1) is 0 Å². The molecule has 0 spiro atoms. The molecule has 0 radical (unpaired) electrons. The van der Waals surface area contributed by atoms with Gasteiger partial charge in [-0.3, -0.25) is 4.79 Å². The zero-order chi connectivity index (χ0) is 10.4. The SMILES string of the molecule is CC(=O)NCCC=Cc1cncn1C. The molecule has 0 aliphatic heterocycles. The normalized spacial score (nSPS) is 10.7. The number of nitrogens with one attached hydrogen (secondary N) is 1. The molecule has 1 rings (SSSR count). The molecule has 0 aliphatic carbocycles. The van der Waals surface area contributed by atoms with Gasteiger partial charge in [-0.15, -0.1) is 0 Å². The van der Waals surface area contributed by atoms with Crippen LogP contribution < -0.4 is 5.32 Å². The smallest absolute Gasteiger partial charge is 0.216 e. The van der Waals surface area contributed by atoms with Gasteiger partial charge in [0, 0.05) is 20.5 Å². The van der Waals surface area contributed by atoms with E-state index in [0.717, 1.165) is 12.1 Å². The molecule has 1 aromatic rings. The van der Waals surface area contributed by atoms with Gasteiger partial charge in [-0.05, 0) is 12.5 Å². The lowest BCUT2D eigenvalue weighted by atomic mass is 10.3.